The Morgan fingerprint density at radius 2 is 1.22 bits per heavy atom. The van der Waals surface area contributed by atoms with Crippen molar-refractivity contribution in [1.29, 1.82) is 0 Å². The minimum absolute atomic E-state index is 0.0401. The van der Waals surface area contributed by atoms with Crippen LogP contribution in [0.15, 0.2) is 170 Å². The van der Waals surface area contributed by atoms with E-state index >= 15 is 0 Å². The summed E-state index contributed by atoms with van der Waals surface area (Å²) in [5.74, 6) is 0. The highest BCUT2D eigenvalue weighted by Gasteiger charge is 2.35. The van der Waals surface area contributed by atoms with Gasteiger partial charge in [0.25, 0.3) is 0 Å². The van der Waals surface area contributed by atoms with Crippen LogP contribution >= 0.6 is 11.3 Å². The van der Waals surface area contributed by atoms with Crippen molar-refractivity contribution in [3.63, 3.8) is 0 Å². The van der Waals surface area contributed by atoms with Gasteiger partial charge in [-0.15, -0.1) is 11.3 Å². The first-order valence-corrected chi connectivity index (χ1v) is 20.2. The SMILES string of the molecule is CC1(C)c2ccccc2-c2cc(N(c3ccc(C4=Cc5ccc6sc7ccccc7c6c5CC4)cc3)c3cccc(-c4ccc5ccccc5c4)c3)ccc21. The molecule has 0 amide bonds. The van der Waals surface area contributed by atoms with E-state index in [-0.39, 0.29) is 5.41 Å². The molecule has 2 aliphatic rings. The molecule has 0 bridgehead atoms. The number of anilines is 3. The standard InChI is InChI=1S/C53H39NS/c1-53(2)48-16-7-5-14-45(48)47-33-43(26-28-49(47)53)54(42-13-9-12-37(32-42)39-19-18-34-10-3-4-11-36(34)30-39)41-24-20-35(21-25-41)38-22-27-44-40(31-38)23-29-51-52(44)46-15-6-8-17-50(46)55-51/h3-21,23-26,28-33H,22,27H2,1-2H3. The summed E-state index contributed by atoms with van der Waals surface area (Å²) in [6.45, 7) is 4.70. The van der Waals surface area contributed by atoms with Crippen LogP contribution in [0.2, 0.25) is 0 Å². The van der Waals surface area contributed by atoms with Gasteiger partial charge in [-0.3, -0.25) is 0 Å². The molecule has 0 aliphatic heterocycles. The molecule has 1 aromatic heterocycles. The molecule has 1 nitrogen and oxygen atoms in total. The molecule has 0 saturated carbocycles. The van der Waals surface area contributed by atoms with Crippen molar-refractivity contribution in [3.05, 3.63) is 198 Å². The second-order valence-corrected chi connectivity index (χ2v) is 16.8. The second-order valence-electron chi connectivity index (χ2n) is 15.7. The molecule has 0 spiro atoms. The lowest BCUT2D eigenvalue weighted by Crippen LogP contribution is -2.15. The Morgan fingerprint density at radius 3 is 2.13 bits per heavy atom. The molecular weight excluding hydrogens is 683 g/mol. The Balaban J connectivity index is 1.01. The number of benzene rings is 8. The molecule has 262 valence electrons. The van der Waals surface area contributed by atoms with Crippen LogP contribution in [0, 0.1) is 0 Å². The number of rotatable bonds is 5. The van der Waals surface area contributed by atoms with Crippen molar-refractivity contribution >= 4 is 71.0 Å². The first-order valence-electron chi connectivity index (χ1n) is 19.4. The van der Waals surface area contributed by atoms with Gasteiger partial charge in [0.2, 0.25) is 0 Å². The van der Waals surface area contributed by atoms with Crippen LogP contribution in [0.4, 0.5) is 17.1 Å². The fraction of sp³-hybridized carbons (Fsp3) is 0.0943. The first kappa shape index (κ1) is 32.2. The summed E-state index contributed by atoms with van der Waals surface area (Å²) in [4.78, 5) is 2.44. The van der Waals surface area contributed by atoms with E-state index in [9.17, 15) is 0 Å². The summed E-state index contributed by atoms with van der Waals surface area (Å²) >= 11 is 1.91. The van der Waals surface area contributed by atoms with Gasteiger partial charge in [0.15, 0.2) is 0 Å². The van der Waals surface area contributed by atoms with Crippen LogP contribution in [0.25, 0.3) is 64.8 Å². The van der Waals surface area contributed by atoms with Crippen LogP contribution in [0.1, 0.15) is 48.1 Å². The van der Waals surface area contributed by atoms with Crippen molar-refractivity contribution < 1.29 is 0 Å². The maximum atomic E-state index is 2.44. The Morgan fingerprint density at radius 1 is 0.491 bits per heavy atom. The fourth-order valence-electron chi connectivity index (χ4n) is 9.37. The smallest absolute Gasteiger partial charge is 0.0468 e. The molecule has 8 aromatic carbocycles. The molecule has 0 radical (unpaired) electrons. The zero-order valence-corrected chi connectivity index (χ0v) is 31.8. The highest BCUT2D eigenvalue weighted by atomic mass is 32.1. The number of nitrogens with zero attached hydrogens (tertiary/aromatic N) is 1. The molecule has 2 heteroatoms. The predicted octanol–water partition coefficient (Wildman–Crippen LogP) is 15.1. The van der Waals surface area contributed by atoms with E-state index in [0.29, 0.717) is 0 Å². The normalized spacial score (nSPS) is 14.1. The Kier molecular flexibility index (Phi) is 7.27. The quantitative estimate of drug-likeness (QED) is 0.171. The van der Waals surface area contributed by atoms with Gasteiger partial charge in [0.1, 0.15) is 0 Å². The van der Waals surface area contributed by atoms with Crippen LogP contribution in [-0.2, 0) is 11.8 Å². The van der Waals surface area contributed by atoms with E-state index in [1.54, 1.807) is 0 Å². The molecule has 0 atom stereocenters. The minimum atomic E-state index is -0.0401. The summed E-state index contributed by atoms with van der Waals surface area (Å²) in [5.41, 5.74) is 16.8. The number of allylic oxidation sites excluding steroid dienone is 1. The predicted molar refractivity (Wildman–Crippen MR) is 237 cm³/mol. The van der Waals surface area contributed by atoms with Crippen molar-refractivity contribution in [2.45, 2.75) is 32.1 Å². The number of fused-ring (bicyclic) bond motifs is 9. The van der Waals surface area contributed by atoms with Crippen molar-refractivity contribution in [1.82, 2.24) is 0 Å². The third-order valence-electron chi connectivity index (χ3n) is 12.2. The molecule has 11 rings (SSSR count). The molecular formula is C53H39NS. The molecule has 0 N–H and O–H groups in total. The van der Waals surface area contributed by atoms with Crippen LogP contribution in [0.3, 0.4) is 0 Å². The summed E-state index contributed by atoms with van der Waals surface area (Å²) in [6.07, 6.45) is 4.53. The average molecular weight is 722 g/mol. The van der Waals surface area contributed by atoms with Gasteiger partial charge in [0, 0.05) is 42.6 Å². The van der Waals surface area contributed by atoms with Crippen molar-refractivity contribution in [2.75, 3.05) is 4.90 Å². The fourth-order valence-corrected chi connectivity index (χ4v) is 10.5. The summed E-state index contributed by atoms with van der Waals surface area (Å²) < 4.78 is 2.77. The summed E-state index contributed by atoms with van der Waals surface area (Å²) in [7, 11) is 0. The topological polar surface area (TPSA) is 3.24 Å². The number of thiophene rings is 1. The maximum Gasteiger partial charge on any atom is 0.0468 e. The molecule has 2 aliphatic carbocycles. The lowest BCUT2D eigenvalue weighted by atomic mass is 9.82. The Bertz CT molecular complexity index is 3010. The van der Waals surface area contributed by atoms with Gasteiger partial charge < -0.3 is 4.90 Å². The van der Waals surface area contributed by atoms with E-state index in [1.165, 1.54) is 86.6 Å². The molecule has 0 fully saturated rings. The van der Waals surface area contributed by atoms with Crippen LogP contribution < -0.4 is 4.90 Å². The highest BCUT2D eigenvalue weighted by Crippen LogP contribution is 2.51. The van der Waals surface area contributed by atoms with Gasteiger partial charge in [0.05, 0.1) is 0 Å². The van der Waals surface area contributed by atoms with E-state index < -0.39 is 0 Å². The third kappa shape index (κ3) is 5.20. The van der Waals surface area contributed by atoms with Gasteiger partial charge in [-0.05, 0) is 134 Å². The summed E-state index contributed by atoms with van der Waals surface area (Å²) in [6, 6.07) is 63.2. The van der Waals surface area contributed by atoms with E-state index in [4.69, 9.17) is 0 Å². The maximum absolute atomic E-state index is 2.44. The van der Waals surface area contributed by atoms with Gasteiger partial charge in [-0.2, -0.15) is 0 Å². The van der Waals surface area contributed by atoms with E-state index in [1.807, 2.05) is 11.3 Å². The summed E-state index contributed by atoms with van der Waals surface area (Å²) in [5, 5.41) is 5.36. The molecule has 0 saturated heterocycles. The molecule has 9 aromatic rings. The number of hydrogen-bond donors (Lipinski definition) is 0. The van der Waals surface area contributed by atoms with E-state index in [2.05, 4.69) is 195 Å². The first-order chi connectivity index (χ1) is 27.0. The van der Waals surface area contributed by atoms with Crippen LogP contribution in [-0.4, -0.2) is 0 Å². The Labute approximate surface area is 326 Å². The zero-order chi connectivity index (χ0) is 36.7. The Hall–Kier alpha value is -6.22. The average Bonchev–Trinajstić information content (AvgIpc) is 3.73. The highest BCUT2D eigenvalue weighted by molar-refractivity contribution is 7.25. The van der Waals surface area contributed by atoms with Gasteiger partial charge in [-0.1, -0.05) is 135 Å². The van der Waals surface area contributed by atoms with Crippen LogP contribution in [0.5, 0.6) is 0 Å². The third-order valence-corrected chi connectivity index (χ3v) is 13.3. The monoisotopic (exact) mass is 721 g/mol. The minimum Gasteiger partial charge on any atom is -0.310 e. The molecule has 55 heavy (non-hydrogen) atoms. The lowest BCUT2D eigenvalue weighted by Gasteiger charge is -2.28. The van der Waals surface area contributed by atoms with E-state index in [0.717, 1.165) is 29.9 Å². The van der Waals surface area contributed by atoms with Gasteiger partial charge >= 0.3 is 0 Å². The zero-order valence-electron chi connectivity index (χ0n) is 31.0. The van der Waals surface area contributed by atoms with Crippen molar-refractivity contribution in [3.8, 4) is 22.3 Å². The second kappa shape index (κ2) is 12.4. The number of hydrogen-bond acceptors (Lipinski definition) is 2. The van der Waals surface area contributed by atoms with Gasteiger partial charge in [-0.25, -0.2) is 0 Å². The van der Waals surface area contributed by atoms with Crippen molar-refractivity contribution in [2.24, 2.45) is 0 Å². The molecule has 0 unspecified atom stereocenters. The number of aryl methyl sites for hydroxylation is 1. The largest absolute Gasteiger partial charge is 0.310 e. The molecule has 1 heterocycles. The lowest BCUT2D eigenvalue weighted by molar-refractivity contribution is 0.660.